The monoisotopic (exact) mass is 467 g/mol. The average molecular weight is 468 g/mol. The molecule has 0 saturated carbocycles. The Bertz CT molecular complexity index is 1450. The normalized spacial score (nSPS) is 15.4. The Labute approximate surface area is 189 Å². The highest BCUT2D eigenvalue weighted by molar-refractivity contribution is 7.21. The van der Waals surface area contributed by atoms with Crippen LogP contribution in [-0.2, 0) is 6.42 Å². The van der Waals surface area contributed by atoms with E-state index in [-0.39, 0.29) is 34.4 Å². The van der Waals surface area contributed by atoms with E-state index in [4.69, 9.17) is 16.3 Å². The number of nitrogens with zero attached hydrogens (tertiary/aromatic N) is 4. The van der Waals surface area contributed by atoms with E-state index in [1.807, 2.05) is 12.1 Å². The van der Waals surface area contributed by atoms with Crippen molar-refractivity contribution in [2.45, 2.75) is 6.42 Å². The molecule has 2 amide bonds. The number of hydrogen-bond acceptors (Lipinski definition) is 9. The van der Waals surface area contributed by atoms with Crippen LogP contribution in [0.5, 0.6) is 11.8 Å². The third-order valence-electron chi connectivity index (χ3n) is 5.26. The summed E-state index contributed by atoms with van der Waals surface area (Å²) in [6.45, 7) is 1.65. The van der Waals surface area contributed by atoms with Crippen molar-refractivity contribution in [1.82, 2.24) is 30.6 Å². The number of aromatic nitrogens is 4. The van der Waals surface area contributed by atoms with Crippen molar-refractivity contribution in [1.29, 1.82) is 0 Å². The summed E-state index contributed by atoms with van der Waals surface area (Å²) in [6.07, 6.45) is 2.00. The first-order valence-electron chi connectivity index (χ1n) is 9.85. The third-order valence-corrected chi connectivity index (χ3v) is 6.58. The van der Waals surface area contributed by atoms with Crippen molar-refractivity contribution in [3.8, 4) is 11.8 Å². The highest BCUT2D eigenvalue weighted by Crippen LogP contribution is 2.40. The molecule has 1 aromatic carbocycles. The summed E-state index contributed by atoms with van der Waals surface area (Å²) in [5.41, 5.74) is 2.78. The SMILES string of the molecule is O=C1NCCNc2c1sc1ccc3nc(Oc4nc(Cl)nc5c4C(=O)NCC5)cnc3c21. The molecule has 10 nitrogen and oxygen atoms in total. The first-order chi connectivity index (χ1) is 15.6. The number of ether oxygens (including phenoxy) is 1. The van der Waals surface area contributed by atoms with Gasteiger partial charge >= 0.3 is 0 Å². The summed E-state index contributed by atoms with van der Waals surface area (Å²) in [6, 6.07) is 3.72. The van der Waals surface area contributed by atoms with Gasteiger partial charge in [0.1, 0.15) is 10.4 Å². The summed E-state index contributed by atoms with van der Waals surface area (Å²) in [5, 5.41) is 9.79. The van der Waals surface area contributed by atoms with Crippen LogP contribution in [-0.4, -0.2) is 51.4 Å². The molecule has 0 saturated heterocycles. The van der Waals surface area contributed by atoms with Crippen molar-refractivity contribution >= 4 is 61.6 Å². The van der Waals surface area contributed by atoms with Crippen LogP contribution in [0.1, 0.15) is 25.7 Å². The molecular weight excluding hydrogens is 454 g/mol. The van der Waals surface area contributed by atoms with Gasteiger partial charge in [-0.2, -0.15) is 4.98 Å². The number of carbonyl (C=O) groups is 2. The van der Waals surface area contributed by atoms with Crippen molar-refractivity contribution in [2.75, 3.05) is 25.0 Å². The van der Waals surface area contributed by atoms with Crippen molar-refractivity contribution in [3.05, 3.63) is 39.7 Å². The fourth-order valence-corrected chi connectivity index (χ4v) is 5.17. The molecule has 4 aromatic rings. The topological polar surface area (TPSA) is 131 Å². The lowest BCUT2D eigenvalue weighted by Gasteiger charge is -2.17. The number of fused-ring (bicyclic) bond motifs is 6. The zero-order valence-electron chi connectivity index (χ0n) is 16.4. The van der Waals surface area contributed by atoms with Gasteiger partial charge in [-0.3, -0.25) is 9.59 Å². The molecule has 5 heterocycles. The second-order valence-electron chi connectivity index (χ2n) is 7.23. The highest BCUT2D eigenvalue weighted by Gasteiger charge is 2.27. The van der Waals surface area contributed by atoms with Crippen molar-refractivity contribution in [2.24, 2.45) is 0 Å². The number of halogens is 1. The number of carbonyl (C=O) groups excluding carboxylic acids is 2. The van der Waals surface area contributed by atoms with Gasteiger partial charge in [0, 0.05) is 36.1 Å². The summed E-state index contributed by atoms with van der Waals surface area (Å²) in [5.74, 6) is -0.219. The van der Waals surface area contributed by atoms with Gasteiger partial charge in [-0.1, -0.05) is 0 Å². The minimum absolute atomic E-state index is 0.00535. The molecule has 2 aliphatic rings. The average Bonchev–Trinajstić information content (AvgIpc) is 3.06. The Hall–Kier alpha value is -3.57. The zero-order chi connectivity index (χ0) is 21.8. The van der Waals surface area contributed by atoms with E-state index >= 15 is 0 Å². The Morgan fingerprint density at radius 2 is 1.84 bits per heavy atom. The lowest BCUT2D eigenvalue weighted by atomic mass is 10.1. The van der Waals surface area contributed by atoms with Gasteiger partial charge in [0.15, 0.2) is 0 Å². The Morgan fingerprint density at radius 1 is 1.00 bits per heavy atom. The lowest BCUT2D eigenvalue weighted by molar-refractivity contribution is 0.0938. The van der Waals surface area contributed by atoms with E-state index in [0.717, 1.165) is 15.8 Å². The quantitative estimate of drug-likeness (QED) is 0.383. The fraction of sp³-hybridized carbons (Fsp3) is 0.200. The molecule has 2 aliphatic heterocycles. The van der Waals surface area contributed by atoms with Gasteiger partial charge in [-0.25, -0.2) is 15.0 Å². The largest absolute Gasteiger partial charge is 0.418 e. The van der Waals surface area contributed by atoms with Crippen molar-refractivity contribution < 1.29 is 14.3 Å². The number of rotatable bonds is 2. The summed E-state index contributed by atoms with van der Waals surface area (Å²) < 4.78 is 6.77. The van der Waals surface area contributed by atoms with Crippen LogP contribution in [0.2, 0.25) is 5.28 Å². The van der Waals surface area contributed by atoms with Gasteiger partial charge in [-0.15, -0.1) is 11.3 Å². The molecule has 0 unspecified atom stereocenters. The molecule has 0 radical (unpaired) electrons. The van der Waals surface area contributed by atoms with Gasteiger partial charge in [0.2, 0.25) is 17.0 Å². The predicted octanol–water partition coefficient (Wildman–Crippen LogP) is 2.52. The van der Waals surface area contributed by atoms with E-state index in [2.05, 4.69) is 35.9 Å². The second kappa shape index (κ2) is 7.24. The molecule has 0 fully saturated rings. The molecular formula is C20H14ClN7O3S. The molecule has 0 atom stereocenters. The van der Waals surface area contributed by atoms with Crippen LogP contribution in [0.15, 0.2) is 18.3 Å². The summed E-state index contributed by atoms with van der Waals surface area (Å²) in [4.78, 5) is 42.7. The van der Waals surface area contributed by atoms with Crippen LogP contribution in [0, 0.1) is 0 Å². The number of anilines is 1. The zero-order valence-corrected chi connectivity index (χ0v) is 17.9. The first kappa shape index (κ1) is 19.1. The smallest absolute Gasteiger partial charge is 0.263 e. The Morgan fingerprint density at radius 3 is 2.75 bits per heavy atom. The third kappa shape index (κ3) is 3.00. The van der Waals surface area contributed by atoms with Gasteiger partial charge in [-0.05, 0) is 23.7 Å². The number of thiophene rings is 1. The van der Waals surface area contributed by atoms with Crippen LogP contribution >= 0.6 is 22.9 Å². The number of amides is 2. The van der Waals surface area contributed by atoms with Crippen molar-refractivity contribution in [3.63, 3.8) is 0 Å². The standard InChI is InChI=1S/C20H14ClN7O3S/c21-20-27-8-3-4-23-17(29)12(8)19(28-20)31-11-7-25-14-9(26-11)1-2-10-13(14)15-16(32-10)18(30)24-6-5-22-15/h1-2,7,22H,3-6H2,(H,23,29)(H,24,30). The molecule has 3 N–H and O–H groups in total. The number of benzene rings is 1. The molecule has 0 spiro atoms. The summed E-state index contributed by atoms with van der Waals surface area (Å²) >= 11 is 7.44. The minimum atomic E-state index is -0.321. The molecule has 0 aliphatic carbocycles. The van der Waals surface area contributed by atoms with Gasteiger partial charge < -0.3 is 20.7 Å². The molecule has 0 bridgehead atoms. The highest BCUT2D eigenvalue weighted by atomic mass is 35.5. The predicted molar refractivity (Wildman–Crippen MR) is 119 cm³/mol. The van der Waals surface area contributed by atoms with Crippen LogP contribution in [0.25, 0.3) is 21.1 Å². The van der Waals surface area contributed by atoms with Crippen LogP contribution < -0.4 is 20.7 Å². The second-order valence-corrected chi connectivity index (χ2v) is 8.62. The Balaban J connectivity index is 1.46. The molecule has 6 rings (SSSR count). The van der Waals surface area contributed by atoms with E-state index in [9.17, 15) is 9.59 Å². The maximum atomic E-state index is 12.4. The van der Waals surface area contributed by atoms with Gasteiger partial charge in [0.25, 0.3) is 11.8 Å². The maximum Gasteiger partial charge on any atom is 0.263 e. The van der Waals surface area contributed by atoms with E-state index in [0.29, 0.717) is 47.7 Å². The lowest BCUT2D eigenvalue weighted by Crippen LogP contribution is -2.33. The molecule has 12 heteroatoms. The summed E-state index contributed by atoms with van der Waals surface area (Å²) in [7, 11) is 0. The van der Waals surface area contributed by atoms with E-state index in [1.165, 1.54) is 17.5 Å². The number of hydrogen-bond donors (Lipinski definition) is 3. The van der Waals surface area contributed by atoms with E-state index in [1.54, 1.807) is 0 Å². The van der Waals surface area contributed by atoms with Gasteiger partial charge in [0.05, 0.1) is 28.6 Å². The van der Waals surface area contributed by atoms with Crippen LogP contribution in [0.3, 0.4) is 0 Å². The first-order valence-corrected chi connectivity index (χ1v) is 11.0. The molecule has 32 heavy (non-hydrogen) atoms. The maximum absolute atomic E-state index is 12.4. The van der Waals surface area contributed by atoms with E-state index < -0.39 is 0 Å². The molecule has 160 valence electrons. The van der Waals surface area contributed by atoms with Crippen LogP contribution in [0.4, 0.5) is 5.69 Å². The molecule has 3 aromatic heterocycles. The Kier molecular flexibility index (Phi) is 4.33. The number of nitrogens with one attached hydrogen (secondary N) is 3. The minimum Gasteiger partial charge on any atom is -0.418 e. The fourth-order valence-electron chi connectivity index (χ4n) is 3.89.